The van der Waals surface area contributed by atoms with Crippen LogP contribution in [0.25, 0.3) is 0 Å². The average molecular weight is 237 g/mol. The lowest BCUT2D eigenvalue weighted by Crippen LogP contribution is -2.44. The molecule has 0 aromatic carbocycles. The fourth-order valence-corrected chi connectivity index (χ4v) is 2.25. The van der Waals surface area contributed by atoms with E-state index < -0.39 is 5.41 Å². The summed E-state index contributed by atoms with van der Waals surface area (Å²) in [6, 6.07) is -0.0770. The maximum atomic E-state index is 12.2. The Morgan fingerprint density at radius 3 is 2.76 bits per heavy atom. The van der Waals surface area contributed by atoms with Crippen LogP contribution in [0, 0.1) is 19.3 Å². The molecule has 1 amide bonds. The number of aromatic nitrogens is 1. The van der Waals surface area contributed by atoms with Gasteiger partial charge in [-0.3, -0.25) is 10.1 Å². The SMILES string of the molecule is Cc1noc(NC(=O)C2(C)CCCC2N)c1C. The molecule has 5 nitrogen and oxygen atoms in total. The third-order valence-electron chi connectivity index (χ3n) is 3.93. The van der Waals surface area contributed by atoms with E-state index in [4.69, 9.17) is 10.3 Å². The number of carbonyl (C=O) groups is 1. The molecule has 5 heteroatoms. The molecule has 1 heterocycles. The van der Waals surface area contributed by atoms with Gasteiger partial charge >= 0.3 is 0 Å². The van der Waals surface area contributed by atoms with Gasteiger partial charge in [0.1, 0.15) is 0 Å². The van der Waals surface area contributed by atoms with Crippen molar-refractivity contribution in [3.63, 3.8) is 0 Å². The maximum absolute atomic E-state index is 12.2. The monoisotopic (exact) mass is 237 g/mol. The highest BCUT2D eigenvalue weighted by molar-refractivity contribution is 5.95. The van der Waals surface area contributed by atoms with Crippen LogP contribution in [-0.2, 0) is 4.79 Å². The van der Waals surface area contributed by atoms with Crippen LogP contribution in [0.3, 0.4) is 0 Å². The highest BCUT2D eigenvalue weighted by Gasteiger charge is 2.43. The fourth-order valence-electron chi connectivity index (χ4n) is 2.25. The van der Waals surface area contributed by atoms with E-state index in [9.17, 15) is 4.79 Å². The van der Waals surface area contributed by atoms with E-state index in [-0.39, 0.29) is 11.9 Å². The largest absolute Gasteiger partial charge is 0.338 e. The highest BCUT2D eigenvalue weighted by atomic mass is 16.5. The lowest BCUT2D eigenvalue weighted by Gasteiger charge is -2.26. The molecule has 1 saturated carbocycles. The zero-order valence-electron chi connectivity index (χ0n) is 10.5. The highest BCUT2D eigenvalue weighted by Crippen LogP contribution is 2.38. The topological polar surface area (TPSA) is 81.2 Å². The molecule has 0 radical (unpaired) electrons. The molecule has 1 aromatic heterocycles. The Hall–Kier alpha value is -1.36. The summed E-state index contributed by atoms with van der Waals surface area (Å²) in [6.45, 7) is 5.63. The van der Waals surface area contributed by atoms with E-state index in [1.54, 1.807) is 0 Å². The second-order valence-electron chi connectivity index (χ2n) is 5.09. The first-order valence-electron chi connectivity index (χ1n) is 5.95. The number of hydrogen-bond donors (Lipinski definition) is 2. The minimum absolute atomic E-state index is 0.0678. The van der Waals surface area contributed by atoms with Crippen molar-refractivity contribution in [1.29, 1.82) is 0 Å². The first-order chi connectivity index (χ1) is 7.95. The van der Waals surface area contributed by atoms with Crippen LogP contribution in [0.4, 0.5) is 5.88 Å². The van der Waals surface area contributed by atoms with Gasteiger partial charge in [-0.05, 0) is 33.6 Å². The van der Waals surface area contributed by atoms with E-state index in [1.807, 2.05) is 20.8 Å². The smallest absolute Gasteiger partial charge is 0.234 e. The number of rotatable bonds is 2. The van der Waals surface area contributed by atoms with Gasteiger partial charge in [-0.2, -0.15) is 0 Å². The summed E-state index contributed by atoms with van der Waals surface area (Å²) in [4.78, 5) is 12.2. The quantitative estimate of drug-likeness (QED) is 0.821. The minimum Gasteiger partial charge on any atom is -0.338 e. The van der Waals surface area contributed by atoms with Gasteiger partial charge in [0.05, 0.1) is 11.1 Å². The molecule has 0 aliphatic heterocycles. The van der Waals surface area contributed by atoms with Gasteiger partial charge in [0, 0.05) is 11.6 Å². The van der Waals surface area contributed by atoms with Crippen molar-refractivity contribution in [1.82, 2.24) is 5.16 Å². The van der Waals surface area contributed by atoms with Crippen LogP contribution >= 0.6 is 0 Å². The number of nitrogens with one attached hydrogen (secondary N) is 1. The Bertz CT molecular complexity index is 441. The van der Waals surface area contributed by atoms with Crippen LogP contribution in [0.15, 0.2) is 4.52 Å². The Morgan fingerprint density at radius 1 is 1.59 bits per heavy atom. The lowest BCUT2D eigenvalue weighted by atomic mass is 9.84. The lowest BCUT2D eigenvalue weighted by molar-refractivity contribution is -0.125. The second kappa shape index (κ2) is 4.14. The molecular formula is C12H19N3O2. The molecule has 0 bridgehead atoms. The number of hydrogen-bond acceptors (Lipinski definition) is 4. The van der Waals surface area contributed by atoms with Crippen molar-refractivity contribution in [3.05, 3.63) is 11.3 Å². The van der Waals surface area contributed by atoms with Crippen LogP contribution < -0.4 is 11.1 Å². The van der Waals surface area contributed by atoms with Crippen molar-refractivity contribution >= 4 is 11.8 Å². The number of anilines is 1. The van der Waals surface area contributed by atoms with Crippen molar-refractivity contribution in [2.45, 2.75) is 46.1 Å². The van der Waals surface area contributed by atoms with E-state index >= 15 is 0 Å². The zero-order valence-corrected chi connectivity index (χ0v) is 10.5. The van der Waals surface area contributed by atoms with Gasteiger partial charge in [0.15, 0.2) is 0 Å². The molecule has 3 N–H and O–H groups in total. The Kier molecular flexibility index (Phi) is 2.95. The van der Waals surface area contributed by atoms with Gasteiger partial charge in [-0.25, -0.2) is 0 Å². The summed E-state index contributed by atoms with van der Waals surface area (Å²) >= 11 is 0. The molecular weight excluding hydrogens is 218 g/mol. The minimum atomic E-state index is -0.493. The summed E-state index contributed by atoms with van der Waals surface area (Å²) in [7, 11) is 0. The van der Waals surface area contributed by atoms with Crippen LogP contribution in [0.2, 0.25) is 0 Å². The molecule has 2 atom stereocenters. The molecule has 2 rings (SSSR count). The van der Waals surface area contributed by atoms with Crippen LogP contribution in [0.1, 0.15) is 37.4 Å². The Morgan fingerprint density at radius 2 is 2.29 bits per heavy atom. The molecule has 1 aliphatic carbocycles. The summed E-state index contributed by atoms with van der Waals surface area (Å²) in [5.41, 5.74) is 7.17. The van der Waals surface area contributed by atoms with Crippen molar-refractivity contribution in [2.75, 3.05) is 5.32 Å². The first-order valence-corrected chi connectivity index (χ1v) is 5.95. The molecule has 1 aromatic rings. The van der Waals surface area contributed by atoms with Crippen LogP contribution in [0.5, 0.6) is 0 Å². The molecule has 1 aliphatic rings. The number of amides is 1. The average Bonchev–Trinajstić information content (AvgIpc) is 2.78. The standard InChI is InChI=1S/C12H19N3O2/c1-7-8(2)15-17-10(7)14-11(16)12(3)6-4-5-9(12)13/h9H,4-6,13H2,1-3H3,(H,14,16). The fraction of sp³-hybridized carbons (Fsp3) is 0.667. The third kappa shape index (κ3) is 1.95. The van der Waals surface area contributed by atoms with E-state index in [0.717, 1.165) is 30.5 Å². The molecule has 94 valence electrons. The molecule has 17 heavy (non-hydrogen) atoms. The number of nitrogens with two attached hydrogens (primary N) is 1. The summed E-state index contributed by atoms with van der Waals surface area (Å²) in [6.07, 6.45) is 2.73. The predicted molar refractivity (Wildman–Crippen MR) is 64.5 cm³/mol. The van der Waals surface area contributed by atoms with Gasteiger partial charge in [0.2, 0.25) is 11.8 Å². The maximum Gasteiger partial charge on any atom is 0.234 e. The van der Waals surface area contributed by atoms with Gasteiger partial charge in [-0.15, -0.1) is 0 Å². The number of carbonyl (C=O) groups excluding carboxylic acids is 1. The summed E-state index contributed by atoms with van der Waals surface area (Å²) in [5, 5.41) is 6.61. The zero-order chi connectivity index (χ0) is 12.6. The Labute approximate surface area is 101 Å². The van der Waals surface area contributed by atoms with Gasteiger partial charge < -0.3 is 10.3 Å². The molecule has 0 saturated heterocycles. The summed E-state index contributed by atoms with van der Waals surface area (Å²) < 4.78 is 5.08. The predicted octanol–water partition coefficient (Wildman–Crippen LogP) is 1.75. The normalized spacial score (nSPS) is 28.4. The molecule has 2 unspecified atom stereocenters. The second-order valence-corrected chi connectivity index (χ2v) is 5.09. The molecule has 0 spiro atoms. The number of aryl methyl sites for hydroxylation is 1. The van der Waals surface area contributed by atoms with E-state index in [1.165, 1.54) is 0 Å². The van der Waals surface area contributed by atoms with Crippen molar-refractivity contribution < 1.29 is 9.32 Å². The van der Waals surface area contributed by atoms with Crippen molar-refractivity contribution in [2.24, 2.45) is 11.1 Å². The third-order valence-corrected chi connectivity index (χ3v) is 3.93. The van der Waals surface area contributed by atoms with E-state index in [0.29, 0.717) is 5.88 Å². The van der Waals surface area contributed by atoms with Crippen LogP contribution in [-0.4, -0.2) is 17.1 Å². The van der Waals surface area contributed by atoms with E-state index in [2.05, 4.69) is 10.5 Å². The summed E-state index contributed by atoms with van der Waals surface area (Å²) in [5.74, 6) is 0.370. The van der Waals surface area contributed by atoms with Gasteiger partial charge in [0.25, 0.3) is 0 Å². The number of nitrogens with zero attached hydrogens (tertiary/aromatic N) is 1. The van der Waals surface area contributed by atoms with Crippen molar-refractivity contribution in [3.8, 4) is 0 Å². The first kappa shape index (κ1) is 12.1. The van der Waals surface area contributed by atoms with Gasteiger partial charge in [-0.1, -0.05) is 11.6 Å². The molecule has 1 fully saturated rings. The Balaban J connectivity index is 2.14.